The summed E-state index contributed by atoms with van der Waals surface area (Å²) >= 11 is 0. The number of benzene rings is 2. The molecular formula is C24H24F4N6O4S. The van der Waals surface area contributed by atoms with Gasteiger partial charge in [-0.2, -0.15) is 18.3 Å². The predicted molar refractivity (Wildman–Crippen MR) is 134 cm³/mol. The number of hydrogen-bond acceptors (Lipinski definition) is 7. The molecule has 0 radical (unpaired) electrons. The normalized spacial score (nSPS) is 20.9. The number of hydrazone groups is 1. The molecule has 1 saturated heterocycles. The molecule has 2 aromatic carbocycles. The number of aromatic nitrogens is 2. The van der Waals surface area contributed by atoms with Gasteiger partial charge in [-0.15, -0.1) is 5.10 Å². The monoisotopic (exact) mass is 568 g/mol. The number of anilines is 1. The Hall–Kier alpha value is -3.88. The van der Waals surface area contributed by atoms with Gasteiger partial charge in [0.2, 0.25) is 5.72 Å². The zero-order valence-corrected chi connectivity index (χ0v) is 21.7. The summed E-state index contributed by atoms with van der Waals surface area (Å²) < 4.78 is 84.7. The van der Waals surface area contributed by atoms with Crippen LogP contribution < -0.4 is 10.3 Å². The zero-order valence-electron chi connectivity index (χ0n) is 20.9. The van der Waals surface area contributed by atoms with Crippen LogP contribution in [0, 0.1) is 5.82 Å². The van der Waals surface area contributed by atoms with Gasteiger partial charge in [-0.3, -0.25) is 15.0 Å². The number of amides is 2. The average Bonchev–Trinajstić information content (AvgIpc) is 3.46. The van der Waals surface area contributed by atoms with Crippen LogP contribution in [0.4, 0.5) is 28.0 Å². The fourth-order valence-electron chi connectivity index (χ4n) is 4.43. The standard InChI is InChI=1S/C24H24F4N6O4S/c1-23(31-30-21(38-23)24(26,27)28)17-5-3-16(19(25)11-17)14-34(22(35)33-7-9-39(36,37)10-8-33)18-6-4-15-13-29-32(2)20(15)12-18/h3-6,11-13,31H,7-10,14H2,1-2H3. The SMILES string of the molecule is Cn1ncc2ccc(N(Cc3ccc(C4(C)NN=C(C(F)(F)F)O4)cc3F)C(=O)N3CCS(=O)(=O)CC3)cc21. The first-order valence-electron chi connectivity index (χ1n) is 11.8. The van der Waals surface area contributed by atoms with Crippen molar-refractivity contribution in [2.75, 3.05) is 29.5 Å². The fraction of sp³-hybridized carbons (Fsp3) is 0.375. The molecule has 39 heavy (non-hydrogen) atoms. The van der Waals surface area contributed by atoms with Crippen molar-refractivity contribution < 1.29 is 35.5 Å². The number of sulfone groups is 1. The Labute approximate surface area is 220 Å². The van der Waals surface area contributed by atoms with Crippen molar-refractivity contribution in [3.8, 4) is 0 Å². The number of hydrogen-bond donors (Lipinski definition) is 1. The molecule has 2 amide bonds. The number of nitrogens with zero attached hydrogens (tertiary/aromatic N) is 5. The Morgan fingerprint density at radius 3 is 2.54 bits per heavy atom. The smallest absolute Gasteiger partial charge is 0.441 e. The number of alkyl halides is 3. The molecule has 1 atom stereocenters. The molecule has 3 aromatic rings. The second-order valence-corrected chi connectivity index (χ2v) is 11.8. The first-order valence-corrected chi connectivity index (χ1v) is 13.7. The maximum absolute atomic E-state index is 15.4. The number of carbonyl (C=O) groups is 1. The Bertz CT molecular complexity index is 1570. The fourth-order valence-corrected chi connectivity index (χ4v) is 5.63. The van der Waals surface area contributed by atoms with E-state index in [9.17, 15) is 26.4 Å². The van der Waals surface area contributed by atoms with Crippen molar-refractivity contribution in [3.05, 3.63) is 59.5 Å². The van der Waals surface area contributed by atoms with Gasteiger partial charge in [0.1, 0.15) is 5.82 Å². The minimum Gasteiger partial charge on any atom is -0.441 e. The lowest BCUT2D eigenvalue weighted by molar-refractivity contribution is -0.0888. The third-order valence-corrected chi connectivity index (χ3v) is 8.35. The molecule has 0 saturated carbocycles. The van der Waals surface area contributed by atoms with E-state index in [1.165, 1.54) is 28.9 Å². The van der Waals surface area contributed by atoms with Gasteiger partial charge < -0.3 is 9.64 Å². The van der Waals surface area contributed by atoms with E-state index in [0.717, 1.165) is 17.0 Å². The Balaban J connectivity index is 1.45. The number of urea groups is 1. The van der Waals surface area contributed by atoms with E-state index in [2.05, 4.69) is 15.6 Å². The molecule has 0 spiro atoms. The molecule has 3 heterocycles. The van der Waals surface area contributed by atoms with Crippen LogP contribution in [-0.4, -0.2) is 65.8 Å². The van der Waals surface area contributed by atoms with E-state index in [1.54, 1.807) is 36.1 Å². The van der Waals surface area contributed by atoms with Gasteiger partial charge >= 0.3 is 18.1 Å². The summed E-state index contributed by atoms with van der Waals surface area (Å²) in [6.45, 7) is 1.05. The lowest BCUT2D eigenvalue weighted by atomic mass is 10.0. The molecule has 2 aliphatic heterocycles. The van der Waals surface area contributed by atoms with Crippen molar-refractivity contribution in [3.63, 3.8) is 0 Å². The predicted octanol–water partition coefficient (Wildman–Crippen LogP) is 3.24. The summed E-state index contributed by atoms with van der Waals surface area (Å²) in [4.78, 5) is 16.3. The lowest BCUT2D eigenvalue weighted by Gasteiger charge is -2.33. The number of halogens is 4. The summed E-state index contributed by atoms with van der Waals surface area (Å²) in [5, 5.41) is 8.20. The molecule has 2 aliphatic rings. The van der Waals surface area contributed by atoms with E-state index in [4.69, 9.17) is 4.74 Å². The second kappa shape index (κ2) is 9.39. The van der Waals surface area contributed by atoms with Crippen LogP contribution in [0.15, 0.2) is 47.7 Å². The molecule has 1 N–H and O–H groups in total. The molecule has 208 valence electrons. The number of aryl methyl sites for hydroxylation is 1. The molecule has 1 fully saturated rings. The molecule has 1 unspecified atom stereocenters. The second-order valence-electron chi connectivity index (χ2n) is 9.49. The highest BCUT2D eigenvalue weighted by atomic mass is 32.2. The van der Waals surface area contributed by atoms with Crippen LogP contribution in [0.1, 0.15) is 18.1 Å². The lowest BCUT2D eigenvalue weighted by Crippen LogP contribution is -2.49. The summed E-state index contributed by atoms with van der Waals surface area (Å²) in [6, 6.07) is 8.43. The van der Waals surface area contributed by atoms with E-state index < -0.39 is 39.5 Å². The number of fused-ring (bicyclic) bond motifs is 1. The van der Waals surface area contributed by atoms with Crippen molar-refractivity contribution in [2.45, 2.75) is 25.4 Å². The van der Waals surface area contributed by atoms with Gasteiger partial charge in [-0.05, 0) is 24.3 Å². The summed E-state index contributed by atoms with van der Waals surface area (Å²) in [5.74, 6) is -2.60. The Kier molecular flexibility index (Phi) is 6.44. The largest absolute Gasteiger partial charge is 0.470 e. The average molecular weight is 569 g/mol. The van der Waals surface area contributed by atoms with Gasteiger partial charge in [0.25, 0.3) is 0 Å². The summed E-state index contributed by atoms with van der Waals surface area (Å²) in [7, 11) is -1.51. The molecule has 10 nitrogen and oxygen atoms in total. The van der Waals surface area contributed by atoms with Gasteiger partial charge in [0, 0.05) is 49.3 Å². The quantitative estimate of drug-likeness (QED) is 0.484. The van der Waals surface area contributed by atoms with Crippen molar-refractivity contribution in [2.24, 2.45) is 12.1 Å². The maximum Gasteiger partial charge on any atom is 0.470 e. The first-order chi connectivity index (χ1) is 18.3. The van der Waals surface area contributed by atoms with Gasteiger partial charge in [0.15, 0.2) is 9.84 Å². The molecule has 1 aromatic heterocycles. The summed E-state index contributed by atoms with van der Waals surface area (Å²) in [5.41, 5.74) is 1.81. The highest BCUT2D eigenvalue weighted by molar-refractivity contribution is 7.91. The van der Waals surface area contributed by atoms with Gasteiger partial charge in [0.05, 0.1) is 29.8 Å². The van der Waals surface area contributed by atoms with Crippen LogP contribution in [-0.2, 0) is 33.9 Å². The number of ether oxygens (including phenoxy) is 1. The van der Waals surface area contributed by atoms with Crippen molar-refractivity contribution in [1.82, 2.24) is 20.1 Å². The Morgan fingerprint density at radius 1 is 1.18 bits per heavy atom. The van der Waals surface area contributed by atoms with E-state index >= 15 is 4.39 Å². The van der Waals surface area contributed by atoms with Crippen LogP contribution in [0.2, 0.25) is 0 Å². The topological polar surface area (TPSA) is 109 Å². The number of carbonyl (C=O) groups excluding carboxylic acids is 1. The minimum absolute atomic E-state index is 0.00402. The van der Waals surface area contributed by atoms with Crippen LogP contribution in [0.25, 0.3) is 10.9 Å². The van der Waals surface area contributed by atoms with Crippen LogP contribution >= 0.6 is 0 Å². The van der Waals surface area contributed by atoms with Crippen LogP contribution in [0.5, 0.6) is 0 Å². The molecule has 0 aliphatic carbocycles. The first kappa shape index (κ1) is 26.7. The molecule has 5 rings (SSSR count). The molecule has 15 heteroatoms. The van der Waals surface area contributed by atoms with Crippen LogP contribution in [0.3, 0.4) is 0 Å². The maximum atomic E-state index is 15.4. The van der Waals surface area contributed by atoms with Gasteiger partial charge in [-0.1, -0.05) is 12.1 Å². The van der Waals surface area contributed by atoms with Gasteiger partial charge in [-0.25, -0.2) is 17.6 Å². The third kappa shape index (κ3) is 5.22. The Morgan fingerprint density at radius 2 is 1.90 bits per heavy atom. The number of rotatable bonds is 4. The van der Waals surface area contributed by atoms with E-state index in [-0.39, 0.29) is 42.3 Å². The molecular weight excluding hydrogens is 544 g/mol. The van der Waals surface area contributed by atoms with Crippen molar-refractivity contribution >= 4 is 38.4 Å². The van der Waals surface area contributed by atoms with E-state index in [0.29, 0.717) is 5.69 Å². The highest BCUT2D eigenvalue weighted by Gasteiger charge is 2.48. The highest BCUT2D eigenvalue weighted by Crippen LogP contribution is 2.33. The molecule has 0 bridgehead atoms. The number of nitrogens with one attached hydrogen (secondary N) is 1. The zero-order chi connectivity index (χ0) is 28.2. The minimum atomic E-state index is -4.81. The van der Waals surface area contributed by atoms with E-state index in [1.807, 2.05) is 0 Å². The van der Waals surface area contributed by atoms with Crippen molar-refractivity contribution in [1.29, 1.82) is 0 Å². The summed E-state index contributed by atoms with van der Waals surface area (Å²) in [6.07, 6.45) is -3.15. The third-order valence-electron chi connectivity index (χ3n) is 6.74.